The maximum absolute atomic E-state index is 14.3. The smallest absolute Gasteiger partial charge is 0.427 e. The molecule has 0 amide bonds. The topological polar surface area (TPSA) is 22.1 Å². The van der Waals surface area contributed by atoms with Crippen LogP contribution in [0.25, 0.3) is 11.3 Å². The predicted octanol–water partition coefficient (Wildman–Crippen LogP) is 7.43. The molecule has 0 aliphatic carbocycles. The number of hydrogen-bond donors (Lipinski definition) is 0. The van der Waals surface area contributed by atoms with Crippen LogP contribution in [0.2, 0.25) is 5.02 Å². The molecule has 10 heteroatoms. The Bertz CT molecular complexity index is 1050. The van der Waals surface area contributed by atoms with Gasteiger partial charge in [0.05, 0.1) is 5.69 Å². The minimum absolute atomic E-state index is 0.0621. The van der Waals surface area contributed by atoms with Crippen molar-refractivity contribution in [2.24, 2.45) is 0 Å². The van der Waals surface area contributed by atoms with E-state index in [4.69, 9.17) is 16.3 Å². The monoisotopic (exact) mass is 465 g/mol. The third-order valence-corrected chi connectivity index (χ3v) is 5.42. The van der Waals surface area contributed by atoms with Gasteiger partial charge in [-0.15, -0.1) is 0 Å². The molecule has 0 saturated heterocycles. The second-order valence-electron chi connectivity index (χ2n) is 6.36. The van der Waals surface area contributed by atoms with Gasteiger partial charge in [-0.2, -0.15) is 21.9 Å². The highest BCUT2D eigenvalue weighted by Crippen LogP contribution is 2.40. The Hall–Kier alpha value is -2.26. The van der Waals surface area contributed by atoms with Crippen molar-refractivity contribution in [3.63, 3.8) is 0 Å². The SMILES string of the molecule is CCCc1cc(F)c(OCc2c(-c3ccc(Cl)cc3)nsc2C(F)(F)F)c(F)c1F. The molecule has 2 aromatic carbocycles. The van der Waals surface area contributed by atoms with Gasteiger partial charge < -0.3 is 4.74 Å². The van der Waals surface area contributed by atoms with E-state index in [9.17, 15) is 26.3 Å². The van der Waals surface area contributed by atoms with Gasteiger partial charge in [0.1, 0.15) is 11.5 Å². The lowest BCUT2D eigenvalue weighted by Crippen LogP contribution is -2.10. The van der Waals surface area contributed by atoms with Gasteiger partial charge >= 0.3 is 6.18 Å². The van der Waals surface area contributed by atoms with Crippen LogP contribution >= 0.6 is 23.1 Å². The molecular weight excluding hydrogens is 452 g/mol. The molecule has 0 radical (unpaired) electrons. The maximum Gasteiger partial charge on any atom is 0.427 e. The summed E-state index contributed by atoms with van der Waals surface area (Å²) in [4.78, 5) is -1.07. The fourth-order valence-electron chi connectivity index (χ4n) is 2.86. The van der Waals surface area contributed by atoms with Crippen molar-refractivity contribution < 1.29 is 31.1 Å². The Labute approximate surface area is 177 Å². The molecule has 160 valence electrons. The maximum atomic E-state index is 14.3. The molecule has 0 bridgehead atoms. The highest BCUT2D eigenvalue weighted by Gasteiger charge is 2.38. The molecule has 0 aliphatic heterocycles. The van der Waals surface area contributed by atoms with E-state index >= 15 is 0 Å². The van der Waals surface area contributed by atoms with E-state index in [0.29, 0.717) is 17.0 Å². The number of alkyl halides is 3. The van der Waals surface area contributed by atoms with Gasteiger partial charge in [0.25, 0.3) is 0 Å². The van der Waals surface area contributed by atoms with Gasteiger partial charge in [0.15, 0.2) is 17.4 Å². The van der Waals surface area contributed by atoms with Crippen molar-refractivity contribution in [3.05, 3.63) is 68.8 Å². The zero-order valence-electron chi connectivity index (χ0n) is 15.4. The Morgan fingerprint density at radius 2 is 1.73 bits per heavy atom. The van der Waals surface area contributed by atoms with Crippen LogP contribution in [0.5, 0.6) is 5.75 Å². The van der Waals surface area contributed by atoms with Crippen molar-refractivity contribution in [1.29, 1.82) is 0 Å². The quantitative estimate of drug-likeness (QED) is 0.279. The third kappa shape index (κ3) is 4.57. The van der Waals surface area contributed by atoms with Gasteiger partial charge in [-0.1, -0.05) is 37.1 Å². The molecule has 0 unspecified atom stereocenters. The summed E-state index contributed by atoms with van der Waals surface area (Å²) in [6, 6.07) is 6.64. The number of halogens is 7. The largest absolute Gasteiger partial charge is 0.483 e. The van der Waals surface area contributed by atoms with Gasteiger partial charge in [0.2, 0.25) is 5.82 Å². The Kier molecular flexibility index (Phi) is 6.62. The lowest BCUT2D eigenvalue weighted by Gasteiger charge is -2.13. The molecule has 0 fully saturated rings. The summed E-state index contributed by atoms with van der Waals surface area (Å²) in [5.41, 5.74) is -0.329. The summed E-state index contributed by atoms with van der Waals surface area (Å²) in [7, 11) is 0. The number of nitrogens with zero attached hydrogens (tertiary/aromatic N) is 1. The Morgan fingerprint density at radius 3 is 2.33 bits per heavy atom. The van der Waals surface area contributed by atoms with E-state index in [1.165, 1.54) is 24.3 Å². The van der Waals surface area contributed by atoms with Gasteiger partial charge in [-0.3, -0.25) is 0 Å². The summed E-state index contributed by atoms with van der Waals surface area (Å²) < 4.78 is 91.7. The molecule has 0 N–H and O–H groups in total. The second kappa shape index (κ2) is 8.85. The number of ether oxygens (including phenoxy) is 1. The molecule has 2 nitrogen and oxygen atoms in total. The number of benzene rings is 2. The zero-order chi connectivity index (χ0) is 22.1. The van der Waals surface area contributed by atoms with Crippen LogP contribution in [0.15, 0.2) is 30.3 Å². The van der Waals surface area contributed by atoms with E-state index < -0.39 is 46.4 Å². The van der Waals surface area contributed by atoms with Crippen LogP contribution in [0.3, 0.4) is 0 Å². The molecule has 3 rings (SSSR count). The first kappa shape index (κ1) is 22.4. The number of rotatable bonds is 6. The number of hydrogen-bond acceptors (Lipinski definition) is 3. The van der Waals surface area contributed by atoms with Crippen LogP contribution < -0.4 is 4.74 Å². The lowest BCUT2D eigenvalue weighted by molar-refractivity contribution is -0.135. The normalized spacial score (nSPS) is 11.7. The minimum Gasteiger partial charge on any atom is -0.483 e. The zero-order valence-corrected chi connectivity index (χ0v) is 17.0. The van der Waals surface area contributed by atoms with Crippen molar-refractivity contribution in [3.8, 4) is 17.0 Å². The first-order valence-corrected chi connectivity index (χ1v) is 9.89. The molecule has 0 aliphatic rings. The standard InChI is InChI=1S/C20H14ClF6NOS/c1-2-3-11-8-14(22)18(16(24)15(11)23)29-9-13-17(10-4-6-12(21)7-5-10)28-30-19(13)20(25,26)27/h4-8H,2-3,9H2,1H3. The summed E-state index contributed by atoms with van der Waals surface area (Å²) in [6.07, 6.45) is -4.20. The first-order chi connectivity index (χ1) is 14.1. The first-order valence-electron chi connectivity index (χ1n) is 8.74. The third-order valence-electron chi connectivity index (χ3n) is 4.24. The summed E-state index contributed by atoms with van der Waals surface area (Å²) in [5, 5.41) is 0.370. The predicted molar refractivity (Wildman–Crippen MR) is 102 cm³/mol. The number of aryl methyl sites for hydroxylation is 1. The van der Waals surface area contributed by atoms with Crippen LogP contribution in [0, 0.1) is 17.5 Å². The van der Waals surface area contributed by atoms with Crippen molar-refractivity contribution >= 4 is 23.1 Å². The fraction of sp³-hybridized carbons (Fsp3) is 0.250. The highest BCUT2D eigenvalue weighted by molar-refractivity contribution is 7.06. The van der Waals surface area contributed by atoms with Gasteiger partial charge in [0, 0.05) is 16.1 Å². The Morgan fingerprint density at radius 1 is 1.07 bits per heavy atom. The second-order valence-corrected chi connectivity index (χ2v) is 7.57. The van der Waals surface area contributed by atoms with Crippen LogP contribution in [-0.4, -0.2) is 4.37 Å². The molecule has 1 aromatic heterocycles. The number of aromatic nitrogens is 1. The van der Waals surface area contributed by atoms with Crippen LogP contribution in [0.1, 0.15) is 29.3 Å². The fourth-order valence-corrected chi connectivity index (χ4v) is 3.75. The van der Waals surface area contributed by atoms with E-state index in [1.54, 1.807) is 6.92 Å². The molecule has 0 spiro atoms. The average molecular weight is 466 g/mol. The van der Waals surface area contributed by atoms with Crippen molar-refractivity contribution in [1.82, 2.24) is 4.37 Å². The average Bonchev–Trinajstić information content (AvgIpc) is 3.11. The van der Waals surface area contributed by atoms with Gasteiger partial charge in [-0.25, -0.2) is 8.78 Å². The molecule has 30 heavy (non-hydrogen) atoms. The Balaban J connectivity index is 2.00. The molecule has 0 atom stereocenters. The molecule has 3 aromatic rings. The van der Waals surface area contributed by atoms with E-state index in [0.717, 1.165) is 6.07 Å². The molecular formula is C20H14ClF6NOS. The summed E-state index contributed by atoms with van der Waals surface area (Å²) >= 11 is 5.99. The summed E-state index contributed by atoms with van der Waals surface area (Å²) in [6.45, 7) is 0.851. The van der Waals surface area contributed by atoms with E-state index in [1.807, 2.05) is 0 Å². The van der Waals surface area contributed by atoms with E-state index in [-0.39, 0.29) is 29.2 Å². The van der Waals surface area contributed by atoms with Crippen LogP contribution in [-0.2, 0) is 19.2 Å². The molecule has 1 heterocycles. The summed E-state index contributed by atoms with van der Waals surface area (Å²) in [5.74, 6) is -5.13. The van der Waals surface area contributed by atoms with E-state index in [2.05, 4.69) is 4.37 Å². The van der Waals surface area contributed by atoms with Crippen LogP contribution in [0.4, 0.5) is 26.3 Å². The van der Waals surface area contributed by atoms with Gasteiger partial charge in [-0.05, 0) is 41.7 Å². The van der Waals surface area contributed by atoms with Crippen molar-refractivity contribution in [2.75, 3.05) is 0 Å². The molecule has 0 saturated carbocycles. The van der Waals surface area contributed by atoms with Crippen molar-refractivity contribution in [2.45, 2.75) is 32.5 Å². The highest BCUT2D eigenvalue weighted by atomic mass is 35.5. The minimum atomic E-state index is -4.76. The lowest BCUT2D eigenvalue weighted by atomic mass is 10.1.